The number of nitrogens with one attached hydrogen (secondary N) is 2. The second-order valence-corrected chi connectivity index (χ2v) is 5.90. The molecule has 1 aliphatic carbocycles. The SMILES string of the molecule is O=C(NCC1CCCC1C(=O)O)C1CNc2ccccc21. The molecule has 0 aromatic heterocycles. The quantitative estimate of drug-likeness (QED) is 0.789. The van der Waals surface area contributed by atoms with E-state index in [-0.39, 0.29) is 23.7 Å². The van der Waals surface area contributed by atoms with Crippen LogP contribution in [0.3, 0.4) is 0 Å². The van der Waals surface area contributed by atoms with Crippen molar-refractivity contribution >= 4 is 17.6 Å². The zero-order valence-electron chi connectivity index (χ0n) is 11.8. The van der Waals surface area contributed by atoms with Crippen molar-refractivity contribution in [3.05, 3.63) is 29.8 Å². The maximum absolute atomic E-state index is 12.3. The monoisotopic (exact) mass is 288 g/mol. The summed E-state index contributed by atoms with van der Waals surface area (Å²) in [6, 6.07) is 7.82. The van der Waals surface area contributed by atoms with E-state index in [0.717, 1.165) is 30.5 Å². The van der Waals surface area contributed by atoms with Gasteiger partial charge in [-0.3, -0.25) is 9.59 Å². The minimum Gasteiger partial charge on any atom is -0.481 e. The third kappa shape index (κ3) is 2.73. The van der Waals surface area contributed by atoms with Gasteiger partial charge in [-0.25, -0.2) is 0 Å². The molecule has 1 aromatic carbocycles. The van der Waals surface area contributed by atoms with E-state index in [4.69, 9.17) is 5.11 Å². The number of carbonyl (C=O) groups excluding carboxylic acids is 1. The predicted molar refractivity (Wildman–Crippen MR) is 79.1 cm³/mol. The van der Waals surface area contributed by atoms with Crippen LogP contribution >= 0.6 is 0 Å². The van der Waals surface area contributed by atoms with E-state index in [0.29, 0.717) is 13.1 Å². The minimum absolute atomic E-state index is 0.0107. The fraction of sp³-hybridized carbons (Fsp3) is 0.500. The highest BCUT2D eigenvalue weighted by molar-refractivity contribution is 5.88. The van der Waals surface area contributed by atoms with E-state index < -0.39 is 5.97 Å². The van der Waals surface area contributed by atoms with Gasteiger partial charge in [-0.15, -0.1) is 0 Å². The van der Waals surface area contributed by atoms with Crippen molar-refractivity contribution in [2.24, 2.45) is 11.8 Å². The molecule has 112 valence electrons. The Hall–Kier alpha value is -2.04. The summed E-state index contributed by atoms with van der Waals surface area (Å²) in [6.45, 7) is 1.08. The second-order valence-electron chi connectivity index (χ2n) is 5.90. The molecular formula is C16H20N2O3. The van der Waals surface area contributed by atoms with Crippen molar-refractivity contribution in [2.75, 3.05) is 18.4 Å². The van der Waals surface area contributed by atoms with Gasteiger partial charge in [-0.05, 0) is 30.4 Å². The third-order valence-corrected chi connectivity index (χ3v) is 4.66. The average molecular weight is 288 g/mol. The van der Waals surface area contributed by atoms with Crippen LogP contribution in [0.2, 0.25) is 0 Å². The molecule has 0 radical (unpaired) electrons. The first kappa shape index (κ1) is 13.9. The summed E-state index contributed by atoms with van der Waals surface area (Å²) in [6.07, 6.45) is 2.55. The van der Waals surface area contributed by atoms with E-state index in [2.05, 4.69) is 10.6 Å². The van der Waals surface area contributed by atoms with E-state index in [1.807, 2.05) is 24.3 Å². The number of benzene rings is 1. The van der Waals surface area contributed by atoms with Gasteiger partial charge in [-0.1, -0.05) is 24.6 Å². The van der Waals surface area contributed by atoms with Crippen molar-refractivity contribution in [3.63, 3.8) is 0 Å². The number of carbonyl (C=O) groups is 2. The summed E-state index contributed by atoms with van der Waals surface area (Å²) in [5, 5.41) is 15.3. The Kier molecular flexibility index (Phi) is 3.82. The van der Waals surface area contributed by atoms with Crippen LogP contribution in [0.1, 0.15) is 30.7 Å². The first-order chi connectivity index (χ1) is 10.2. The molecule has 0 saturated heterocycles. The molecule has 1 aromatic rings. The Balaban J connectivity index is 1.59. The van der Waals surface area contributed by atoms with Crippen LogP contribution in [0, 0.1) is 11.8 Å². The van der Waals surface area contributed by atoms with Crippen molar-refractivity contribution in [1.82, 2.24) is 5.32 Å². The van der Waals surface area contributed by atoms with E-state index in [1.165, 1.54) is 0 Å². The molecule has 5 heteroatoms. The number of hydrogen-bond acceptors (Lipinski definition) is 3. The van der Waals surface area contributed by atoms with Gasteiger partial charge in [0, 0.05) is 18.8 Å². The zero-order valence-corrected chi connectivity index (χ0v) is 11.8. The molecule has 1 amide bonds. The lowest BCUT2D eigenvalue weighted by atomic mass is 9.95. The van der Waals surface area contributed by atoms with Crippen LogP contribution in [0.25, 0.3) is 0 Å². The maximum Gasteiger partial charge on any atom is 0.306 e. The Morgan fingerprint density at radius 1 is 1.29 bits per heavy atom. The molecule has 0 spiro atoms. The average Bonchev–Trinajstić information content (AvgIpc) is 3.11. The standard InChI is InChI=1S/C16H20N2O3/c19-15(13-9-17-14-7-2-1-5-12(13)14)18-8-10-4-3-6-11(10)16(20)21/h1-2,5,7,10-11,13,17H,3-4,6,8-9H2,(H,18,19)(H,20,21). The first-order valence-electron chi connectivity index (χ1n) is 7.50. The number of aliphatic carboxylic acids is 1. The topological polar surface area (TPSA) is 78.4 Å². The molecule has 2 aliphatic rings. The summed E-state index contributed by atoms with van der Waals surface area (Å²) in [5.74, 6) is -1.16. The van der Waals surface area contributed by atoms with Crippen LogP contribution in [0.5, 0.6) is 0 Å². The summed E-state index contributed by atoms with van der Waals surface area (Å²) < 4.78 is 0. The van der Waals surface area contributed by atoms with Gasteiger partial charge in [0.05, 0.1) is 11.8 Å². The van der Waals surface area contributed by atoms with Crippen LogP contribution < -0.4 is 10.6 Å². The summed E-state index contributed by atoms with van der Waals surface area (Å²) >= 11 is 0. The molecule has 1 fully saturated rings. The maximum atomic E-state index is 12.3. The fourth-order valence-corrected chi connectivity index (χ4v) is 3.48. The highest BCUT2D eigenvalue weighted by Gasteiger charge is 2.34. The normalized spacial score (nSPS) is 27.0. The molecule has 1 saturated carbocycles. The lowest BCUT2D eigenvalue weighted by Crippen LogP contribution is -2.36. The Bertz CT molecular complexity index is 558. The van der Waals surface area contributed by atoms with Crippen LogP contribution in [0.4, 0.5) is 5.69 Å². The Labute approximate surface area is 123 Å². The van der Waals surface area contributed by atoms with Crippen molar-refractivity contribution in [3.8, 4) is 0 Å². The van der Waals surface area contributed by atoms with E-state index in [1.54, 1.807) is 0 Å². The van der Waals surface area contributed by atoms with Crippen molar-refractivity contribution in [1.29, 1.82) is 0 Å². The lowest BCUT2D eigenvalue weighted by Gasteiger charge is -2.18. The molecule has 3 N–H and O–H groups in total. The number of rotatable bonds is 4. The highest BCUT2D eigenvalue weighted by Crippen LogP contribution is 2.33. The van der Waals surface area contributed by atoms with Crippen LogP contribution in [0.15, 0.2) is 24.3 Å². The van der Waals surface area contributed by atoms with E-state index in [9.17, 15) is 9.59 Å². The molecule has 0 bridgehead atoms. The molecule has 3 rings (SSSR count). The van der Waals surface area contributed by atoms with Gasteiger partial charge in [0.2, 0.25) is 5.91 Å². The fourth-order valence-electron chi connectivity index (χ4n) is 3.48. The number of carboxylic acid groups (broad SMARTS) is 1. The molecular weight excluding hydrogens is 268 g/mol. The molecule has 1 heterocycles. The van der Waals surface area contributed by atoms with Crippen LogP contribution in [-0.4, -0.2) is 30.1 Å². The number of anilines is 1. The molecule has 3 unspecified atom stereocenters. The number of carboxylic acids is 1. The third-order valence-electron chi connectivity index (χ3n) is 4.66. The summed E-state index contributed by atoms with van der Waals surface area (Å²) in [5.41, 5.74) is 2.04. The Morgan fingerprint density at radius 3 is 2.90 bits per heavy atom. The smallest absolute Gasteiger partial charge is 0.306 e. The molecule has 1 aliphatic heterocycles. The summed E-state index contributed by atoms with van der Waals surface area (Å²) in [4.78, 5) is 23.5. The van der Waals surface area contributed by atoms with Gasteiger partial charge < -0.3 is 15.7 Å². The van der Waals surface area contributed by atoms with Crippen LogP contribution in [-0.2, 0) is 9.59 Å². The van der Waals surface area contributed by atoms with Gasteiger partial charge in [0.25, 0.3) is 0 Å². The number of fused-ring (bicyclic) bond motifs is 1. The lowest BCUT2D eigenvalue weighted by molar-refractivity contribution is -0.143. The second kappa shape index (κ2) is 5.76. The highest BCUT2D eigenvalue weighted by atomic mass is 16.4. The minimum atomic E-state index is -0.736. The van der Waals surface area contributed by atoms with Gasteiger partial charge in [-0.2, -0.15) is 0 Å². The van der Waals surface area contributed by atoms with Crippen molar-refractivity contribution in [2.45, 2.75) is 25.2 Å². The van der Waals surface area contributed by atoms with Crippen molar-refractivity contribution < 1.29 is 14.7 Å². The predicted octanol–water partition coefficient (Wildman–Crippen LogP) is 1.81. The van der Waals surface area contributed by atoms with Gasteiger partial charge in [0.1, 0.15) is 0 Å². The Morgan fingerprint density at radius 2 is 2.10 bits per heavy atom. The molecule has 5 nitrogen and oxygen atoms in total. The number of para-hydroxylation sites is 1. The molecule has 3 atom stereocenters. The largest absolute Gasteiger partial charge is 0.481 e. The van der Waals surface area contributed by atoms with Gasteiger partial charge in [0.15, 0.2) is 0 Å². The molecule has 21 heavy (non-hydrogen) atoms. The summed E-state index contributed by atoms with van der Waals surface area (Å²) in [7, 11) is 0. The van der Waals surface area contributed by atoms with Gasteiger partial charge >= 0.3 is 5.97 Å². The van der Waals surface area contributed by atoms with E-state index >= 15 is 0 Å². The first-order valence-corrected chi connectivity index (χ1v) is 7.50. The number of hydrogen-bond donors (Lipinski definition) is 3. The number of amides is 1. The zero-order chi connectivity index (χ0) is 14.8.